The van der Waals surface area contributed by atoms with E-state index in [2.05, 4.69) is 20.9 Å². The van der Waals surface area contributed by atoms with Crippen molar-refractivity contribution in [2.45, 2.75) is 0 Å². The Kier molecular flexibility index (Phi) is 3.70. The van der Waals surface area contributed by atoms with E-state index < -0.39 is 16.6 Å². The highest BCUT2D eigenvalue weighted by Crippen LogP contribution is 2.31. The fourth-order valence-electron chi connectivity index (χ4n) is 1.28. The summed E-state index contributed by atoms with van der Waals surface area (Å²) in [5.41, 5.74) is -0.390. The molecule has 8 heteroatoms. The zero-order valence-corrected chi connectivity index (χ0v) is 10.7. The Balaban J connectivity index is 2.37. The highest BCUT2D eigenvalue weighted by Gasteiger charge is 2.18. The SMILES string of the molecule is O=[N+]([O-])c1cc(Br)cnc1Oc1ccc(F)c(F)c1. The van der Waals surface area contributed by atoms with E-state index in [0.717, 1.165) is 18.2 Å². The topological polar surface area (TPSA) is 65.3 Å². The predicted molar refractivity (Wildman–Crippen MR) is 65.0 cm³/mol. The molecule has 1 heterocycles. The van der Waals surface area contributed by atoms with Crippen LogP contribution in [0.15, 0.2) is 34.9 Å². The molecule has 0 aliphatic carbocycles. The molecule has 19 heavy (non-hydrogen) atoms. The zero-order valence-electron chi connectivity index (χ0n) is 9.14. The highest BCUT2D eigenvalue weighted by molar-refractivity contribution is 9.10. The molecule has 0 unspecified atom stereocenters. The summed E-state index contributed by atoms with van der Waals surface area (Å²) in [6.45, 7) is 0. The van der Waals surface area contributed by atoms with Gasteiger partial charge in [-0.1, -0.05) is 0 Å². The number of hydrogen-bond acceptors (Lipinski definition) is 4. The maximum atomic E-state index is 13.0. The van der Waals surface area contributed by atoms with Crippen molar-refractivity contribution in [1.82, 2.24) is 4.98 Å². The van der Waals surface area contributed by atoms with Gasteiger partial charge in [0, 0.05) is 22.8 Å². The molecule has 0 radical (unpaired) electrons. The molecule has 98 valence electrons. The number of hydrogen-bond donors (Lipinski definition) is 0. The van der Waals surface area contributed by atoms with Crippen molar-refractivity contribution >= 4 is 21.6 Å². The molecule has 0 saturated carbocycles. The third-order valence-corrected chi connectivity index (χ3v) is 2.53. The fraction of sp³-hybridized carbons (Fsp3) is 0. The van der Waals surface area contributed by atoms with Crippen LogP contribution in [-0.2, 0) is 0 Å². The van der Waals surface area contributed by atoms with Gasteiger partial charge in [-0.25, -0.2) is 13.8 Å². The lowest BCUT2D eigenvalue weighted by Gasteiger charge is -2.05. The summed E-state index contributed by atoms with van der Waals surface area (Å²) in [6.07, 6.45) is 1.29. The van der Waals surface area contributed by atoms with Crippen LogP contribution < -0.4 is 4.74 Å². The molecule has 5 nitrogen and oxygen atoms in total. The van der Waals surface area contributed by atoms with Gasteiger partial charge in [-0.3, -0.25) is 10.1 Å². The number of nitro groups is 1. The standard InChI is InChI=1S/C11H5BrF2N2O3/c12-6-3-10(16(17)18)11(15-5-6)19-7-1-2-8(13)9(14)4-7/h1-5H. The zero-order chi connectivity index (χ0) is 14.0. The molecule has 2 aromatic rings. The van der Waals surface area contributed by atoms with Crippen LogP contribution in [0.25, 0.3) is 0 Å². The Bertz CT molecular complexity index is 652. The second-order valence-electron chi connectivity index (χ2n) is 3.41. The summed E-state index contributed by atoms with van der Waals surface area (Å²) in [4.78, 5) is 13.8. The molecule has 0 saturated heterocycles. The number of rotatable bonds is 3. The van der Waals surface area contributed by atoms with Gasteiger partial charge in [-0.15, -0.1) is 0 Å². The predicted octanol–water partition coefficient (Wildman–Crippen LogP) is 3.82. The van der Waals surface area contributed by atoms with Crippen LogP contribution in [0, 0.1) is 21.7 Å². The first-order valence-electron chi connectivity index (χ1n) is 4.90. The number of ether oxygens (including phenoxy) is 1. The molecule has 0 bridgehead atoms. The van der Waals surface area contributed by atoms with Crippen molar-refractivity contribution in [2.24, 2.45) is 0 Å². The van der Waals surface area contributed by atoms with Gasteiger partial charge < -0.3 is 4.74 Å². The minimum absolute atomic E-state index is 0.0863. The monoisotopic (exact) mass is 330 g/mol. The summed E-state index contributed by atoms with van der Waals surface area (Å²) in [7, 11) is 0. The molecular weight excluding hydrogens is 326 g/mol. The van der Waals surface area contributed by atoms with E-state index in [1.807, 2.05) is 0 Å². The second kappa shape index (κ2) is 5.27. The lowest BCUT2D eigenvalue weighted by atomic mass is 10.3. The Morgan fingerprint density at radius 1 is 1.26 bits per heavy atom. The van der Waals surface area contributed by atoms with Crippen LogP contribution in [0.2, 0.25) is 0 Å². The van der Waals surface area contributed by atoms with E-state index in [0.29, 0.717) is 4.47 Å². The van der Waals surface area contributed by atoms with Gasteiger partial charge in [0.05, 0.1) is 4.92 Å². The number of nitrogens with zero attached hydrogens (tertiary/aromatic N) is 2. The van der Waals surface area contributed by atoms with Gasteiger partial charge in [0.15, 0.2) is 11.6 Å². The maximum Gasteiger partial charge on any atom is 0.332 e. The minimum Gasteiger partial charge on any atom is -0.434 e. The number of aromatic nitrogens is 1. The van der Waals surface area contributed by atoms with Crippen LogP contribution in [0.5, 0.6) is 11.6 Å². The number of halogens is 3. The van der Waals surface area contributed by atoms with Crippen LogP contribution in [-0.4, -0.2) is 9.91 Å². The van der Waals surface area contributed by atoms with Gasteiger partial charge in [0.1, 0.15) is 5.75 Å². The summed E-state index contributed by atoms with van der Waals surface area (Å²) in [5.74, 6) is -2.54. The third kappa shape index (κ3) is 3.02. The summed E-state index contributed by atoms with van der Waals surface area (Å²) < 4.78 is 31.2. The molecule has 0 spiro atoms. The molecule has 1 aromatic carbocycles. The summed E-state index contributed by atoms with van der Waals surface area (Å²) in [5, 5.41) is 10.8. The van der Waals surface area contributed by atoms with Gasteiger partial charge in [0.25, 0.3) is 5.88 Å². The molecule has 0 amide bonds. The van der Waals surface area contributed by atoms with Gasteiger partial charge in [-0.05, 0) is 28.1 Å². The van der Waals surface area contributed by atoms with Gasteiger partial charge in [0.2, 0.25) is 0 Å². The van der Waals surface area contributed by atoms with E-state index in [9.17, 15) is 18.9 Å². The first-order valence-corrected chi connectivity index (χ1v) is 5.69. The summed E-state index contributed by atoms with van der Waals surface area (Å²) >= 11 is 3.04. The largest absolute Gasteiger partial charge is 0.434 e. The Hall–Kier alpha value is -2.09. The Morgan fingerprint density at radius 3 is 2.63 bits per heavy atom. The van der Waals surface area contributed by atoms with Crippen molar-refractivity contribution in [2.75, 3.05) is 0 Å². The normalized spacial score (nSPS) is 10.3. The number of pyridine rings is 1. The van der Waals surface area contributed by atoms with E-state index in [-0.39, 0.29) is 17.3 Å². The van der Waals surface area contributed by atoms with Crippen LogP contribution >= 0.6 is 15.9 Å². The first kappa shape index (κ1) is 13.3. The van der Waals surface area contributed by atoms with E-state index in [1.165, 1.54) is 12.3 Å². The van der Waals surface area contributed by atoms with E-state index in [1.54, 1.807) is 0 Å². The van der Waals surface area contributed by atoms with Crippen molar-refractivity contribution in [3.05, 3.63) is 56.7 Å². The molecule has 1 aromatic heterocycles. The third-order valence-electron chi connectivity index (χ3n) is 2.10. The highest BCUT2D eigenvalue weighted by atomic mass is 79.9. The molecule has 0 atom stereocenters. The van der Waals surface area contributed by atoms with Crippen LogP contribution in [0.1, 0.15) is 0 Å². The van der Waals surface area contributed by atoms with Crippen molar-refractivity contribution in [3.8, 4) is 11.6 Å². The van der Waals surface area contributed by atoms with Crippen molar-refractivity contribution in [1.29, 1.82) is 0 Å². The smallest absolute Gasteiger partial charge is 0.332 e. The fourth-order valence-corrected chi connectivity index (χ4v) is 1.60. The van der Waals surface area contributed by atoms with Crippen molar-refractivity contribution < 1.29 is 18.4 Å². The van der Waals surface area contributed by atoms with Crippen LogP contribution in [0.3, 0.4) is 0 Å². The molecule has 0 aliphatic heterocycles. The maximum absolute atomic E-state index is 13.0. The lowest BCUT2D eigenvalue weighted by molar-refractivity contribution is -0.386. The lowest BCUT2D eigenvalue weighted by Crippen LogP contribution is -1.96. The average molecular weight is 331 g/mol. The molecule has 0 aliphatic rings. The summed E-state index contributed by atoms with van der Waals surface area (Å²) in [6, 6.07) is 3.98. The van der Waals surface area contributed by atoms with Crippen LogP contribution in [0.4, 0.5) is 14.5 Å². The average Bonchev–Trinajstić information content (AvgIpc) is 2.36. The first-order chi connectivity index (χ1) is 8.97. The van der Waals surface area contributed by atoms with E-state index in [4.69, 9.17) is 4.74 Å². The molecular formula is C11H5BrF2N2O3. The Labute approximate surface area is 114 Å². The molecule has 0 fully saturated rings. The molecule has 2 rings (SSSR count). The minimum atomic E-state index is -1.11. The molecule has 0 N–H and O–H groups in total. The van der Waals surface area contributed by atoms with Crippen molar-refractivity contribution in [3.63, 3.8) is 0 Å². The van der Waals surface area contributed by atoms with Gasteiger partial charge in [-0.2, -0.15) is 0 Å². The van der Waals surface area contributed by atoms with E-state index >= 15 is 0 Å². The second-order valence-corrected chi connectivity index (χ2v) is 4.33. The number of benzene rings is 1. The Morgan fingerprint density at radius 2 is 2.00 bits per heavy atom. The van der Waals surface area contributed by atoms with Gasteiger partial charge >= 0.3 is 5.69 Å². The quantitative estimate of drug-likeness (QED) is 0.633.